The zero-order valence-electron chi connectivity index (χ0n) is 9.26. The summed E-state index contributed by atoms with van der Waals surface area (Å²) in [7, 11) is 1.70. The van der Waals surface area contributed by atoms with E-state index in [0.29, 0.717) is 0 Å². The molecule has 0 fully saturated rings. The zero-order chi connectivity index (χ0) is 10.8. The van der Waals surface area contributed by atoms with E-state index in [0.717, 1.165) is 24.1 Å². The minimum Gasteiger partial charge on any atom is -0.326 e. The molecule has 0 atom stereocenters. The standard InChI is InChI=1S/C12H16N2O/c1-8-9-5-3-4-6-10(9)11(7-13-2)12(15)14-8/h7H,3-6H2,1-2H3,(H,14,15)/b13-7+. The lowest BCUT2D eigenvalue weighted by molar-refractivity contribution is 0.674. The van der Waals surface area contributed by atoms with Crippen molar-refractivity contribution in [3.8, 4) is 0 Å². The minimum absolute atomic E-state index is 0.00116. The van der Waals surface area contributed by atoms with E-state index in [-0.39, 0.29) is 5.56 Å². The topological polar surface area (TPSA) is 45.2 Å². The van der Waals surface area contributed by atoms with Crippen molar-refractivity contribution >= 4 is 6.21 Å². The van der Waals surface area contributed by atoms with Gasteiger partial charge in [0, 0.05) is 19.0 Å². The van der Waals surface area contributed by atoms with Gasteiger partial charge < -0.3 is 4.98 Å². The first-order chi connectivity index (χ1) is 7.24. The summed E-state index contributed by atoms with van der Waals surface area (Å²) in [6.45, 7) is 1.98. The number of aromatic nitrogens is 1. The van der Waals surface area contributed by atoms with Crippen LogP contribution in [0, 0.1) is 6.92 Å². The van der Waals surface area contributed by atoms with Crippen LogP contribution in [0.1, 0.15) is 35.2 Å². The summed E-state index contributed by atoms with van der Waals surface area (Å²) >= 11 is 0. The predicted molar refractivity (Wildman–Crippen MR) is 62.0 cm³/mol. The van der Waals surface area contributed by atoms with E-state index in [9.17, 15) is 4.79 Å². The molecule has 0 aromatic carbocycles. The van der Waals surface area contributed by atoms with Gasteiger partial charge in [0.25, 0.3) is 5.56 Å². The monoisotopic (exact) mass is 204 g/mol. The summed E-state index contributed by atoms with van der Waals surface area (Å²) in [5, 5.41) is 0. The Bertz CT molecular complexity index is 457. The average Bonchev–Trinajstić information content (AvgIpc) is 2.24. The molecule has 1 aliphatic carbocycles. The Balaban J connectivity index is 2.68. The average molecular weight is 204 g/mol. The fourth-order valence-electron chi connectivity index (χ4n) is 2.33. The SMILES string of the molecule is C/N=C/c1c2c(c(C)[nH]c1=O)CCCC2. The Labute approximate surface area is 89.3 Å². The number of fused-ring (bicyclic) bond motifs is 1. The van der Waals surface area contributed by atoms with E-state index in [1.54, 1.807) is 13.3 Å². The molecule has 0 radical (unpaired) electrons. The normalized spacial score (nSPS) is 15.6. The Kier molecular flexibility index (Phi) is 2.71. The molecule has 0 amide bonds. The molecule has 1 aromatic heterocycles. The Morgan fingerprint density at radius 1 is 1.27 bits per heavy atom. The van der Waals surface area contributed by atoms with Gasteiger partial charge in [-0.25, -0.2) is 0 Å². The van der Waals surface area contributed by atoms with Crippen LogP contribution in [0.4, 0.5) is 0 Å². The quantitative estimate of drug-likeness (QED) is 0.694. The van der Waals surface area contributed by atoms with E-state index in [1.165, 1.54) is 24.0 Å². The first-order valence-electron chi connectivity index (χ1n) is 5.41. The minimum atomic E-state index is -0.00116. The summed E-state index contributed by atoms with van der Waals surface area (Å²) in [4.78, 5) is 18.6. The highest BCUT2D eigenvalue weighted by Crippen LogP contribution is 2.23. The number of aliphatic imine (C=N–C) groups is 1. The zero-order valence-corrected chi connectivity index (χ0v) is 9.26. The first-order valence-corrected chi connectivity index (χ1v) is 5.41. The van der Waals surface area contributed by atoms with Crippen LogP contribution in [-0.4, -0.2) is 18.2 Å². The van der Waals surface area contributed by atoms with Crippen molar-refractivity contribution < 1.29 is 0 Å². The number of nitrogens with zero attached hydrogens (tertiary/aromatic N) is 1. The molecule has 80 valence electrons. The third kappa shape index (κ3) is 1.74. The van der Waals surface area contributed by atoms with Gasteiger partial charge in [0.1, 0.15) is 0 Å². The summed E-state index contributed by atoms with van der Waals surface area (Å²) in [6, 6.07) is 0. The maximum absolute atomic E-state index is 11.8. The smallest absolute Gasteiger partial charge is 0.257 e. The lowest BCUT2D eigenvalue weighted by Gasteiger charge is -2.19. The number of nitrogens with one attached hydrogen (secondary N) is 1. The lowest BCUT2D eigenvalue weighted by atomic mass is 9.88. The van der Waals surface area contributed by atoms with Crippen LogP contribution < -0.4 is 5.56 Å². The largest absolute Gasteiger partial charge is 0.326 e. The van der Waals surface area contributed by atoms with E-state index < -0.39 is 0 Å². The number of pyridine rings is 1. The second-order valence-corrected chi connectivity index (χ2v) is 4.04. The maximum atomic E-state index is 11.8. The van der Waals surface area contributed by atoms with Crippen LogP contribution in [0.3, 0.4) is 0 Å². The predicted octanol–water partition coefficient (Wildman–Crippen LogP) is 1.61. The molecular weight excluding hydrogens is 188 g/mol. The number of hydrogen-bond donors (Lipinski definition) is 1. The molecule has 1 heterocycles. The molecule has 15 heavy (non-hydrogen) atoms. The van der Waals surface area contributed by atoms with Gasteiger partial charge in [-0.15, -0.1) is 0 Å². The highest BCUT2D eigenvalue weighted by atomic mass is 16.1. The number of H-pyrrole nitrogens is 1. The van der Waals surface area contributed by atoms with Gasteiger partial charge in [0.05, 0.1) is 5.56 Å². The molecule has 0 aliphatic heterocycles. The highest BCUT2D eigenvalue weighted by molar-refractivity contribution is 5.81. The van der Waals surface area contributed by atoms with Crippen molar-refractivity contribution in [1.29, 1.82) is 0 Å². The molecular formula is C12H16N2O. The molecule has 0 saturated heterocycles. The highest BCUT2D eigenvalue weighted by Gasteiger charge is 2.17. The van der Waals surface area contributed by atoms with E-state index in [2.05, 4.69) is 9.98 Å². The summed E-state index contributed by atoms with van der Waals surface area (Å²) < 4.78 is 0. The summed E-state index contributed by atoms with van der Waals surface area (Å²) in [5.74, 6) is 0. The first kappa shape index (κ1) is 10.1. The Hall–Kier alpha value is -1.38. The molecule has 0 bridgehead atoms. The molecule has 0 saturated carbocycles. The van der Waals surface area contributed by atoms with Crippen LogP contribution in [-0.2, 0) is 12.8 Å². The number of aryl methyl sites for hydroxylation is 1. The van der Waals surface area contributed by atoms with Crippen LogP contribution >= 0.6 is 0 Å². The molecule has 1 aromatic rings. The molecule has 0 unspecified atom stereocenters. The number of rotatable bonds is 1. The third-order valence-corrected chi connectivity index (χ3v) is 3.05. The van der Waals surface area contributed by atoms with Crippen molar-refractivity contribution in [2.45, 2.75) is 32.6 Å². The molecule has 1 aliphatic rings. The van der Waals surface area contributed by atoms with Gasteiger partial charge in [0.15, 0.2) is 0 Å². The third-order valence-electron chi connectivity index (χ3n) is 3.05. The fraction of sp³-hybridized carbons (Fsp3) is 0.500. The van der Waals surface area contributed by atoms with Crippen LogP contribution in [0.15, 0.2) is 9.79 Å². The summed E-state index contributed by atoms with van der Waals surface area (Å²) in [6.07, 6.45) is 6.19. The van der Waals surface area contributed by atoms with Crippen molar-refractivity contribution in [2.24, 2.45) is 4.99 Å². The lowest BCUT2D eigenvalue weighted by Crippen LogP contribution is -2.21. The molecule has 3 heteroatoms. The van der Waals surface area contributed by atoms with Crippen molar-refractivity contribution in [2.75, 3.05) is 7.05 Å². The van der Waals surface area contributed by atoms with Gasteiger partial charge >= 0.3 is 0 Å². The van der Waals surface area contributed by atoms with Gasteiger partial charge in [-0.3, -0.25) is 9.79 Å². The Morgan fingerprint density at radius 2 is 1.93 bits per heavy atom. The van der Waals surface area contributed by atoms with Gasteiger partial charge in [0.2, 0.25) is 0 Å². The van der Waals surface area contributed by atoms with Crippen LogP contribution in [0.2, 0.25) is 0 Å². The second kappa shape index (κ2) is 4.01. The summed E-state index contributed by atoms with van der Waals surface area (Å²) in [5.41, 5.74) is 4.34. The number of hydrogen-bond acceptors (Lipinski definition) is 2. The molecule has 0 spiro atoms. The number of aromatic amines is 1. The van der Waals surface area contributed by atoms with E-state index in [4.69, 9.17) is 0 Å². The molecule has 3 nitrogen and oxygen atoms in total. The van der Waals surface area contributed by atoms with Crippen LogP contribution in [0.25, 0.3) is 0 Å². The van der Waals surface area contributed by atoms with Gasteiger partial charge in [-0.2, -0.15) is 0 Å². The van der Waals surface area contributed by atoms with Gasteiger partial charge in [-0.1, -0.05) is 0 Å². The van der Waals surface area contributed by atoms with Crippen molar-refractivity contribution in [1.82, 2.24) is 4.98 Å². The molecule has 2 rings (SSSR count). The van der Waals surface area contributed by atoms with Crippen molar-refractivity contribution in [3.63, 3.8) is 0 Å². The van der Waals surface area contributed by atoms with E-state index >= 15 is 0 Å². The second-order valence-electron chi connectivity index (χ2n) is 4.04. The maximum Gasteiger partial charge on any atom is 0.257 e. The van der Waals surface area contributed by atoms with E-state index in [1.807, 2.05) is 6.92 Å². The molecule has 1 N–H and O–H groups in total. The van der Waals surface area contributed by atoms with Crippen molar-refractivity contribution in [3.05, 3.63) is 32.7 Å². The fourth-order valence-corrected chi connectivity index (χ4v) is 2.33. The Morgan fingerprint density at radius 3 is 2.60 bits per heavy atom. The van der Waals surface area contributed by atoms with Crippen LogP contribution in [0.5, 0.6) is 0 Å². The van der Waals surface area contributed by atoms with Gasteiger partial charge in [-0.05, 0) is 43.7 Å².